The van der Waals surface area contributed by atoms with Crippen molar-refractivity contribution >= 4 is 46.1 Å². The Bertz CT molecular complexity index is 370. The summed E-state index contributed by atoms with van der Waals surface area (Å²) in [5, 5.41) is 4.05. The van der Waals surface area contributed by atoms with Crippen LogP contribution < -0.4 is 11.1 Å². The first-order chi connectivity index (χ1) is 8.61. The standard InChI is InChI=1S/C10H18N4OS3/c1-3-4-17-10-13-9(18-14-10)12-8(15)6-16-5-7(2)11/h7H,3-6,11H2,1-2H3,(H,12,13,14,15). The lowest BCUT2D eigenvalue weighted by atomic mass is 10.4. The molecule has 102 valence electrons. The first kappa shape index (κ1) is 15.7. The van der Waals surface area contributed by atoms with Crippen molar-refractivity contribution in [2.45, 2.75) is 31.5 Å². The summed E-state index contributed by atoms with van der Waals surface area (Å²) in [6.07, 6.45) is 1.08. The molecule has 1 aromatic rings. The molecule has 1 atom stereocenters. The molecule has 18 heavy (non-hydrogen) atoms. The van der Waals surface area contributed by atoms with E-state index in [4.69, 9.17) is 5.73 Å². The first-order valence-electron chi connectivity index (χ1n) is 5.71. The smallest absolute Gasteiger partial charge is 0.236 e. The lowest BCUT2D eigenvalue weighted by molar-refractivity contribution is -0.113. The van der Waals surface area contributed by atoms with Gasteiger partial charge in [0.15, 0.2) is 0 Å². The summed E-state index contributed by atoms with van der Waals surface area (Å²) < 4.78 is 4.17. The molecule has 1 heterocycles. The van der Waals surface area contributed by atoms with Crippen LogP contribution >= 0.6 is 35.1 Å². The molecule has 0 radical (unpaired) electrons. The van der Waals surface area contributed by atoms with Crippen molar-refractivity contribution in [3.8, 4) is 0 Å². The number of hydrogen-bond donors (Lipinski definition) is 2. The van der Waals surface area contributed by atoms with Gasteiger partial charge < -0.3 is 5.73 Å². The number of hydrogen-bond acceptors (Lipinski definition) is 7. The number of carbonyl (C=O) groups excluding carboxylic acids is 1. The molecule has 1 amide bonds. The van der Waals surface area contributed by atoms with Gasteiger partial charge in [0.05, 0.1) is 5.75 Å². The van der Waals surface area contributed by atoms with Crippen LogP contribution in [0.25, 0.3) is 0 Å². The molecule has 0 aliphatic carbocycles. The number of thioether (sulfide) groups is 2. The van der Waals surface area contributed by atoms with E-state index in [-0.39, 0.29) is 11.9 Å². The van der Waals surface area contributed by atoms with Crippen molar-refractivity contribution < 1.29 is 4.79 Å². The van der Waals surface area contributed by atoms with Gasteiger partial charge in [-0.25, -0.2) is 0 Å². The minimum absolute atomic E-state index is 0.0520. The molecule has 3 N–H and O–H groups in total. The summed E-state index contributed by atoms with van der Waals surface area (Å²) in [6.45, 7) is 4.03. The molecule has 0 saturated carbocycles. The highest BCUT2D eigenvalue weighted by Gasteiger charge is 2.08. The Hall–Kier alpha value is -0.310. The minimum Gasteiger partial charge on any atom is -0.327 e. The van der Waals surface area contributed by atoms with Crippen LogP contribution in [0.1, 0.15) is 20.3 Å². The highest BCUT2D eigenvalue weighted by atomic mass is 32.2. The van der Waals surface area contributed by atoms with E-state index in [0.29, 0.717) is 10.9 Å². The lowest BCUT2D eigenvalue weighted by Crippen LogP contribution is -2.20. The van der Waals surface area contributed by atoms with Crippen LogP contribution in [0.15, 0.2) is 5.16 Å². The minimum atomic E-state index is -0.0520. The van der Waals surface area contributed by atoms with E-state index in [9.17, 15) is 4.79 Å². The molecule has 5 nitrogen and oxygen atoms in total. The molecule has 8 heteroatoms. The van der Waals surface area contributed by atoms with Crippen molar-refractivity contribution in [2.24, 2.45) is 5.73 Å². The average molecular weight is 306 g/mol. The predicted molar refractivity (Wildman–Crippen MR) is 80.5 cm³/mol. The molecular formula is C10H18N4OS3. The van der Waals surface area contributed by atoms with Crippen molar-refractivity contribution in [3.63, 3.8) is 0 Å². The SMILES string of the molecule is CCCSc1nsc(NC(=O)CSCC(C)N)n1. The van der Waals surface area contributed by atoms with Gasteiger partial charge >= 0.3 is 0 Å². The lowest BCUT2D eigenvalue weighted by Gasteiger charge is -2.03. The highest BCUT2D eigenvalue weighted by molar-refractivity contribution is 8.00. The Labute approximate surface area is 120 Å². The Morgan fingerprint density at radius 2 is 2.39 bits per heavy atom. The van der Waals surface area contributed by atoms with E-state index in [1.807, 2.05) is 6.92 Å². The number of amides is 1. The molecule has 0 aliphatic rings. The van der Waals surface area contributed by atoms with Gasteiger partial charge in [-0.3, -0.25) is 10.1 Å². The molecular weight excluding hydrogens is 288 g/mol. The van der Waals surface area contributed by atoms with Gasteiger partial charge in [0.2, 0.25) is 16.2 Å². The third-order valence-electron chi connectivity index (χ3n) is 1.70. The second-order valence-corrected chi connectivity index (χ2v) is 6.62. The summed E-state index contributed by atoms with van der Waals surface area (Å²) in [7, 11) is 0. The monoisotopic (exact) mass is 306 g/mol. The molecule has 1 rings (SSSR count). The van der Waals surface area contributed by atoms with Crippen molar-refractivity contribution in [1.29, 1.82) is 0 Å². The largest absolute Gasteiger partial charge is 0.327 e. The number of aromatic nitrogens is 2. The van der Waals surface area contributed by atoms with Crippen LogP contribution in [0.4, 0.5) is 5.13 Å². The fourth-order valence-corrected chi connectivity index (χ4v) is 3.17. The maximum absolute atomic E-state index is 11.6. The number of carbonyl (C=O) groups is 1. The van der Waals surface area contributed by atoms with Crippen LogP contribution in [0, 0.1) is 0 Å². The van der Waals surface area contributed by atoms with Crippen molar-refractivity contribution in [2.75, 3.05) is 22.6 Å². The van der Waals surface area contributed by atoms with E-state index in [0.717, 1.165) is 23.1 Å². The Morgan fingerprint density at radius 1 is 1.61 bits per heavy atom. The predicted octanol–water partition coefficient (Wildman–Crippen LogP) is 2.06. The van der Waals surface area contributed by atoms with E-state index in [1.165, 1.54) is 23.3 Å². The van der Waals surface area contributed by atoms with Gasteiger partial charge in [0, 0.05) is 29.1 Å². The van der Waals surface area contributed by atoms with Gasteiger partial charge in [-0.05, 0) is 13.3 Å². The van der Waals surface area contributed by atoms with E-state index in [2.05, 4.69) is 21.6 Å². The zero-order valence-corrected chi connectivity index (χ0v) is 13.0. The third-order valence-corrected chi connectivity index (χ3v) is 4.73. The third kappa shape index (κ3) is 6.58. The van der Waals surface area contributed by atoms with Gasteiger partial charge in [0.1, 0.15) is 0 Å². The molecule has 0 fully saturated rings. The summed E-state index contributed by atoms with van der Waals surface area (Å²) in [5.74, 6) is 2.12. The normalized spacial score (nSPS) is 12.4. The fraction of sp³-hybridized carbons (Fsp3) is 0.700. The number of nitrogens with two attached hydrogens (primary N) is 1. The van der Waals surface area contributed by atoms with E-state index in [1.54, 1.807) is 11.8 Å². The molecule has 0 saturated heterocycles. The molecule has 0 spiro atoms. The molecule has 0 aliphatic heterocycles. The maximum Gasteiger partial charge on any atom is 0.236 e. The summed E-state index contributed by atoms with van der Waals surface area (Å²) in [4.78, 5) is 15.8. The van der Waals surface area contributed by atoms with Crippen LogP contribution in [0.5, 0.6) is 0 Å². The molecule has 1 unspecified atom stereocenters. The van der Waals surface area contributed by atoms with Crippen LogP contribution in [-0.4, -0.2) is 38.6 Å². The summed E-state index contributed by atoms with van der Waals surface area (Å²) in [5.41, 5.74) is 5.61. The number of rotatable bonds is 8. The van der Waals surface area contributed by atoms with Gasteiger partial charge in [0.25, 0.3) is 0 Å². The number of anilines is 1. The van der Waals surface area contributed by atoms with E-state index < -0.39 is 0 Å². The van der Waals surface area contributed by atoms with Crippen molar-refractivity contribution in [3.05, 3.63) is 0 Å². The fourth-order valence-electron chi connectivity index (χ4n) is 1.01. The molecule has 0 bridgehead atoms. The van der Waals surface area contributed by atoms with Crippen LogP contribution in [0.2, 0.25) is 0 Å². The van der Waals surface area contributed by atoms with E-state index >= 15 is 0 Å². The quantitative estimate of drug-likeness (QED) is 0.716. The zero-order valence-electron chi connectivity index (χ0n) is 10.5. The average Bonchev–Trinajstić information content (AvgIpc) is 2.73. The molecule has 1 aromatic heterocycles. The van der Waals surface area contributed by atoms with Crippen LogP contribution in [0.3, 0.4) is 0 Å². The van der Waals surface area contributed by atoms with Gasteiger partial charge in [-0.1, -0.05) is 18.7 Å². The number of nitrogens with one attached hydrogen (secondary N) is 1. The first-order valence-corrected chi connectivity index (χ1v) is 8.63. The zero-order chi connectivity index (χ0) is 13.4. The second-order valence-electron chi connectivity index (χ2n) is 3.77. The van der Waals surface area contributed by atoms with Gasteiger partial charge in [-0.2, -0.15) is 21.1 Å². The maximum atomic E-state index is 11.6. The Morgan fingerprint density at radius 3 is 3.06 bits per heavy atom. The second kappa shape index (κ2) is 8.73. The highest BCUT2D eigenvalue weighted by Crippen LogP contribution is 2.20. The van der Waals surface area contributed by atoms with Gasteiger partial charge in [-0.15, -0.1) is 0 Å². The molecule has 0 aromatic carbocycles. The topological polar surface area (TPSA) is 80.9 Å². The Balaban J connectivity index is 2.28. The van der Waals surface area contributed by atoms with Crippen LogP contribution in [-0.2, 0) is 4.79 Å². The van der Waals surface area contributed by atoms with Crippen molar-refractivity contribution in [1.82, 2.24) is 9.36 Å². The number of nitrogens with zero attached hydrogens (tertiary/aromatic N) is 2. The Kier molecular flexibility index (Phi) is 7.64. The summed E-state index contributed by atoms with van der Waals surface area (Å²) in [6, 6.07) is 0.112. The summed E-state index contributed by atoms with van der Waals surface area (Å²) >= 11 is 4.35.